The molecule has 0 fully saturated rings. The van der Waals surface area contributed by atoms with Gasteiger partial charge in [-0.3, -0.25) is 4.55 Å². The monoisotopic (exact) mass is 450 g/mol. The molecule has 1 atom stereocenters. The molecule has 0 bridgehead atoms. The van der Waals surface area contributed by atoms with Crippen molar-refractivity contribution in [3.05, 3.63) is 30.3 Å². The number of carbonyl (C=O) groups excluding carboxylic acids is 1. The third kappa shape index (κ3) is 5.47. The Morgan fingerprint density at radius 2 is 1.86 bits per heavy atom. The molecule has 2 amide bonds. The minimum Gasteiger partial charge on any atom is -0.507 e. The predicted molar refractivity (Wildman–Crippen MR) is 106 cm³/mol. The van der Waals surface area contributed by atoms with Gasteiger partial charge in [0.15, 0.2) is 9.84 Å². The molecule has 1 unspecified atom stereocenters. The van der Waals surface area contributed by atoms with Gasteiger partial charge in [-0.15, -0.1) is 11.6 Å². The zero-order chi connectivity index (χ0) is 21.1. The molecule has 0 heterocycles. The van der Waals surface area contributed by atoms with Gasteiger partial charge >= 0.3 is 6.03 Å². The zero-order valence-corrected chi connectivity index (χ0v) is 17.1. The van der Waals surface area contributed by atoms with E-state index in [1.54, 1.807) is 0 Å². The van der Waals surface area contributed by atoms with Crippen molar-refractivity contribution in [2.75, 3.05) is 17.6 Å². The number of hydrogen-bond donors (Lipinski definition) is 4. The van der Waals surface area contributed by atoms with Crippen LogP contribution in [0.1, 0.15) is 13.3 Å². The van der Waals surface area contributed by atoms with Gasteiger partial charge < -0.3 is 15.7 Å². The van der Waals surface area contributed by atoms with E-state index in [1.807, 2.05) is 0 Å². The van der Waals surface area contributed by atoms with Gasteiger partial charge in [-0.05, 0) is 30.0 Å². The minimum atomic E-state index is -4.47. The number of benzene rings is 2. The fourth-order valence-electron chi connectivity index (χ4n) is 2.37. The second-order valence-electron chi connectivity index (χ2n) is 5.88. The summed E-state index contributed by atoms with van der Waals surface area (Å²) in [6, 6.07) is 5.83. The van der Waals surface area contributed by atoms with Crippen molar-refractivity contribution in [3.63, 3.8) is 0 Å². The SMILES string of the molecule is CCS(=O)(=O)C(Cl)CCNC(=O)Nc1ccc2cc(S(=O)(=O)O)cc(O)c2c1. The van der Waals surface area contributed by atoms with Crippen molar-refractivity contribution in [1.29, 1.82) is 0 Å². The lowest BCUT2D eigenvalue weighted by Gasteiger charge is -2.12. The Morgan fingerprint density at radius 1 is 1.18 bits per heavy atom. The molecule has 28 heavy (non-hydrogen) atoms. The molecule has 0 radical (unpaired) electrons. The van der Waals surface area contributed by atoms with Crippen molar-refractivity contribution >= 4 is 54.0 Å². The van der Waals surface area contributed by atoms with Gasteiger partial charge in [0.1, 0.15) is 10.5 Å². The Hall–Kier alpha value is -2.08. The number of rotatable bonds is 7. The summed E-state index contributed by atoms with van der Waals surface area (Å²) in [5, 5.41) is 15.6. The summed E-state index contributed by atoms with van der Waals surface area (Å²) >= 11 is 5.80. The Labute approximate surface area is 167 Å². The number of halogens is 1. The van der Waals surface area contributed by atoms with Gasteiger partial charge in [0.2, 0.25) is 0 Å². The number of carbonyl (C=O) groups is 1. The number of urea groups is 1. The number of aromatic hydroxyl groups is 1. The lowest BCUT2D eigenvalue weighted by molar-refractivity contribution is 0.252. The van der Waals surface area contributed by atoms with E-state index >= 15 is 0 Å². The molecule has 2 rings (SSSR count). The van der Waals surface area contributed by atoms with E-state index in [9.17, 15) is 26.7 Å². The molecule has 9 nitrogen and oxygen atoms in total. The number of alkyl halides is 1. The topological polar surface area (TPSA) is 150 Å². The lowest BCUT2D eigenvalue weighted by Crippen LogP contribution is -2.32. The van der Waals surface area contributed by atoms with Crippen LogP contribution in [0.4, 0.5) is 10.5 Å². The average molecular weight is 451 g/mol. The Bertz CT molecular complexity index is 1100. The van der Waals surface area contributed by atoms with Crippen molar-refractivity contribution in [1.82, 2.24) is 5.32 Å². The molecule has 0 aromatic heterocycles. The fourth-order valence-corrected chi connectivity index (χ4v) is 4.24. The van der Waals surface area contributed by atoms with Crippen LogP contribution in [0.15, 0.2) is 35.2 Å². The minimum absolute atomic E-state index is 0.0375. The second-order valence-corrected chi connectivity index (χ2v) is 10.6. The van der Waals surface area contributed by atoms with Crippen molar-refractivity contribution < 1.29 is 31.3 Å². The highest BCUT2D eigenvalue weighted by Crippen LogP contribution is 2.30. The van der Waals surface area contributed by atoms with E-state index in [-0.39, 0.29) is 29.9 Å². The first-order valence-electron chi connectivity index (χ1n) is 8.09. The Kier molecular flexibility index (Phi) is 6.75. The molecule has 0 spiro atoms. The van der Waals surface area contributed by atoms with E-state index < -0.39 is 35.6 Å². The number of phenols is 1. The molecule has 12 heteroatoms. The normalized spacial score (nSPS) is 13.2. The van der Waals surface area contributed by atoms with Crippen LogP contribution in [-0.2, 0) is 20.0 Å². The van der Waals surface area contributed by atoms with Gasteiger partial charge in [-0.2, -0.15) is 8.42 Å². The molecule has 0 aliphatic rings. The summed E-state index contributed by atoms with van der Waals surface area (Å²) < 4.78 is 53.5. The van der Waals surface area contributed by atoms with Crippen LogP contribution >= 0.6 is 11.6 Å². The molecular weight excluding hydrogens is 432 g/mol. The van der Waals surface area contributed by atoms with Crippen LogP contribution in [0.2, 0.25) is 0 Å². The molecule has 4 N–H and O–H groups in total. The number of fused-ring (bicyclic) bond motifs is 1. The standard InChI is InChI=1S/C16H19ClN2O7S2/c1-2-27(22,23)15(17)5-6-18-16(21)19-11-4-3-10-7-12(28(24,25)26)9-14(20)13(10)8-11/h3-4,7-9,15,20H,2,5-6H2,1H3,(H2,18,19,21)(H,24,25,26). The molecular formula is C16H19ClN2O7S2. The summed E-state index contributed by atoms with van der Waals surface area (Å²) in [6.45, 7) is 1.52. The van der Waals surface area contributed by atoms with Crippen LogP contribution in [0, 0.1) is 0 Å². The van der Waals surface area contributed by atoms with Gasteiger partial charge in [-0.25, -0.2) is 13.2 Å². The van der Waals surface area contributed by atoms with Gasteiger partial charge in [0.05, 0.1) is 4.90 Å². The van der Waals surface area contributed by atoms with E-state index in [1.165, 1.54) is 31.2 Å². The van der Waals surface area contributed by atoms with Gasteiger partial charge in [-0.1, -0.05) is 13.0 Å². The molecule has 0 saturated heterocycles. The zero-order valence-electron chi connectivity index (χ0n) is 14.7. The highest BCUT2D eigenvalue weighted by molar-refractivity contribution is 7.93. The number of anilines is 1. The fraction of sp³-hybridized carbons (Fsp3) is 0.312. The van der Waals surface area contributed by atoms with Crippen molar-refractivity contribution in [3.8, 4) is 5.75 Å². The summed E-state index contributed by atoms with van der Waals surface area (Å²) in [4.78, 5) is 11.5. The molecule has 0 saturated carbocycles. The number of hydrogen-bond acceptors (Lipinski definition) is 6. The Morgan fingerprint density at radius 3 is 2.46 bits per heavy atom. The van der Waals surface area contributed by atoms with E-state index in [2.05, 4.69) is 10.6 Å². The summed E-state index contributed by atoms with van der Waals surface area (Å²) in [5.41, 5.74) is 0.309. The number of amides is 2. The van der Waals surface area contributed by atoms with Crippen LogP contribution in [0.5, 0.6) is 5.75 Å². The quantitative estimate of drug-likeness (QED) is 0.373. The number of phenolic OH excluding ortho intramolecular Hbond substituents is 1. The number of sulfone groups is 1. The summed E-state index contributed by atoms with van der Waals surface area (Å²) in [5.74, 6) is -0.475. The summed E-state index contributed by atoms with van der Waals surface area (Å²) in [6.07, 6.45) is 0.0437. The first-order chi connectivity index (χ1) is 12.9. The number of nitrogens with one attached hydrogen (secondary N) is 2. The van der Waals surface area contributed by atoms with Crippen molar-refractivity contribution in [2.24, 2.45) is 0 Å². The molecule has 2 aromatic rings. The van der Waals surface area contributed by atoms with E-state index in [0.29, 0.717) is 11.1 Å². The smallest absolute Gasteiger partial charge is 0.319 e. The van der Waals surface area contributed by atoms with Crippen LogP contribution in [0.3, 0.4) is 0 Å². The van der Waals surface area contributed by atoms with E-state index in [0.717, 1.165) is 6.07 Å². The molecule has 0 aliphatic carbocycles. The van der Waals surface area contributed by atoms with E-state index in [4.69, 9.17) is 16.2 Å². The highest BCUT2D eigenvalue weighted by atomic mass is 35.5. The maximum absolute atomic E-state index is 11.9. The average Bonchev–Trinajstić information content (AvgIpc) is 2.61. The van der Waals surface area contributed by atoms with Crippen LogP contribution in [-0.4, -0.2) is 49.5 Å². The first kappa shape index (κ1) is 22.2. The molecule has 2 aromatic carbocycles. The third-order valence-electron chi connectivity index (χ3n) is 3.91. The predicted octanol–water partition coefficient (Wildman–Crippen LogP) is 2.30. The lowest BCUT2D eigenvalue weighted by atomic mass is 10.1. The maximum Gasteiger partial charge on any atom is 0.319 e. The first-order valence-corrected chi connectivity index (χ1v) is 11.7. The summed E-state index contributed by atoms with van der Waals surface area (Å²) in [7, 11) is -7.86. The maximum atomic E-state index is 11.9. The highest BCUT2D eigenvalue weighted by Gasteiger charge is 2.20. The Balaban J connectivity index is 2.06. The van der Waals surface area contributed by atoms with Crippen LogP contribution in [0.25, 0.3) is 10.8 Å². The largest absolute Gasteiger partial charge is 0.507 e. The van der Waals surface area contributed by atoms with Crippen molar-refractivity contribution in [2.45, 2.75) is 22.9 Å². The molecule has 0 aliphatic heterocycles. The second kappa shape index (κ2) is 8.52. The molecule has 154 valence electrons. The third-order valence-corrected chi connectivity index (χ3v) is 7.59. The van der Waals surface area contributed by atoms with Crippen LogP contribution < -0.4 is 10.6 Å². The van der Waals surface area contributed by atoms with Gasteiger partial charge in [0.25, 0.3) is 10.1 Å². The van der Waals surface area contributed by atoms with Gasteiger partial charge in [0, 0.05) is 29.4 Å².